The lowest BCUT2D eigenvalue weighted by Gasteiger charge is -2.23. The number of aromatic amines is 1. The van der Waals surface area contributed by atoms with Crippen molar-refractivity contribution in [2.75, 3.05) is 50.7 Å². The average Bonchev–Trinajstić information content (AvgIpc) is 3.42. The van der Waals surface area contributed by atoms with E-state index in [0.717, 1.165) is 27.9 Å². The van der Waals surface area contributed by atoms with Crippen LogP contribution in [0.5, 0.6) is 17.2 Å². The lowest BCUT2D eigenvalue weighted by Crippen LogP contribution is -2.43. The van der Waals surface area contributed by atoms with Gasteiger partial charge in [0.2, 0.25) is 23.0 Å². The molecule has 4 aromatic rings. The molecule has 266 valence electrons. The molecule has 0 unspecified atom stereocenters. The Hall–Kier alpha value is -4.36. The molecule has 1 aliphatic carbocycles. The number of hydrogen-bond donors (Lipinski definition) is 4. The van der Waals surface area contributed by atoms with Gasteiger partial charge in [0.1, 0.15) is 11.9 Å². The van der Waals surface area contributed by atoms with Crippen molar-refractivity contribution in [3.8, 4) is 28.4 Å². The number of aryl methyl sites for hydroxylation is 1. The summed E-state index contributed by atoms with van der Waals surface area (Å²) in [6.07, 6.45) is 6.32. The van der Waals surface area contributed by atoms with Crippen LogP contribution in [0.1, 0.15) is 55.2 Å². The molecule has 50 heavy (non-hydrogen) atoms. The van der Waals surface area contributed by atoms with Gasteiger partial charge in [-0.05, 0) is 96.7 Å². The first-order valence-corrected chi connectivity index (χ1v) is 19.3. The van der Waals surface area contributed by atoms with Gasteiger partial charge in [-0.1, -0.05) is 18.2 Å². The standard InChI is InChI=1S/C37H45N5O6S2/c1-21(43)38-25-13-11-22-19-32(46-2)34(47-3)35(48-4)33(22)23-12-14-28(31(44)20-24(23)25)39-30(16-18-50-6)37(45)42-29(15-17-49-5)36-40-26-9-7-8-10-27(26)41-36/h7-10,12,14,19-20,25,29-30H,11,13,15-18H2,1-6H3,(H,38,43)(H,39,44)(H,40,41)(H,42,45)/t25-,29-,30-/m1/s1. The number of benzene rings is 2. The smallest absolute Gasteiger partial charge is 0.243 e. The Morgan fingerprint density at radius 3 is 2.40 bits per heavy atom. The highest BCUT2D eigenvalue weighted by atomic mass is 32.2. The Kier molecular flexibility index (Phi) is 12.6. The summed E-state index contributed by atoms with van der Waals surface area (Å²) in [5, 5.41) is 9.55. The van der Waals surface area contributed by atoms with Crippen molar-refractivity contribution in [1.29, 1.82) is 0 Å². The van der Waals surface area contributed by atoms with Crippen molar-refractivity contribution in [2.24, 2.45) is 0 Å². The predicted molar refractivity (Wildman–Crippen MR) is 203 cm³/mol. The number of carbonyl (C=O) groups is 2. The second kappa shape index (κ2) is 17.0. The molecule has 0 radical (unpaired) electrons. The van der Waals surface area contributed by atoms with Crippen LogP contribution in [-0.4, -0.2) is 73.2 Å². The Labute approximate surface area is 301 Å². The van der Waals surface area contributed by atoms with Gasteiger partial charge in [0, 0.05) is 12.5 Å². The van der Waals surface area contributed by atoms with Crippen molar-refractivity contribution in [2.45, 2.75) is 50.7 Å². The number of fused-ring (bicyclic) bond motifs is 4. The largest absolute Gasteiger partial charge is 0.493 e. The van der Waals surface area contributed by atoms with Crippen molar-refractivity contribution in [3.05, 3.63) is 75.7 Å². The molecule has 0 aliphatic heterocycles. The van der Waals surface area contributed by atoms with Crippen molar-refractivity contribution in [1.82, 2.24) is 20.6 Å². The Balaban J connectivity index is 1.55. The fourth-order valence-corrected chi connectivity index (χ4v) is 7.38. The second-order valence-corrected chi connectivity index (χ2v) is 14.0. The number of hydrogen-bond acceptors (Lipinski definition) is 10. The summed E-state index contributed by atoms with van der Waals surface area (Å²) in [4.78, 5) is 48.6. The first-order chi connectivity index (χ1) is 24.2. The normalized spacial score (nSPS) is 14.8. The van der Waals surface area contributed by atoms with Gasteiger partial charge < -0.3 is 35.1 Å². The monoisotopic (exact) mass is 719 g/mol. The third kappa shape index (κ3) is 8.15. The van der Waals surface area contributed by atoms with E-state index in [1.165, 1.54) is 6.92 Å². The fourth-order valence-electron chi connectivity index (χ4n) is 6.44. The maximum Gasteiger partial charge on any atom is 0.243 e. The number of nitrogens with one attached hydrogen (secondary N) is 4. The van der Waals surface area contributed by atoms with E-state index in [4.69, 9.17) is 19.2 Å². The number of ether oxygens (including phenoxy) is 3. The molecule has 5 rings (SSSR count). The zero-order chi connectivity index (χ0) is 35.8. The van der Waals surface area contributed by atoms with E-state index in [-0.39, 0.29) is 29.0 Å². The molecule has 3 aromatic carbocycles. The van der Waals surface area contributed by atoms with Gasteiger partial charge in [-0.2, -0.15) is 23.5 Å². The number of imidazole rings is 1. The molecule has 1 aliphatic rings. The third-order valence-corrected chi connectivity index (χ3v) is 10.1. The number of methoxy groups -OCH3 is 3. The zero-order valence-electron chi connectivity index (χ0n) is 29.3. The molecule has 0 spiro atoms. The first-order valence-electron chi connectivity index (χ1n) is 16.5. The quantitative estimate of drug-likeness (QED) is 0.118. The topological polar surface area (TPSA) is 144 Å². The summed E-state index contributed by atoms with van der Waals surface area (Å²) in [6.45, 7) is 1.46. The van der Waals surface area contributed by atoms with Crippen LogP contribution in [0.3, 0.4) is 0 Å². The minimum absolute atomic E-state index is 0.208. The van der Waals surface area contributed by atoms with Crippen molar-refractivity contribution < 1.29 is 23.8 Å². The summed E-state index contributed by atoms with van der Waals surface area (Å²) >= 11 is 3.33. The van der Waals surface area contributed by atoms with Gasteiger partial charge in [0.05, 0.1) is 50.1 Å². The molecule has 4 N–H and O–H groups in total. The van der Waals surface area contributed by atoms with Crippen LogP contribution in [-0.2, 0) is 16.0 Å². The number of rotatable bonds is 15. The number of H-pyrrole nitrogens is 1. The van der Waals surface area contributed by atoms with Crippen LogP contribution < -0.4 is 35.6 Å². The van der Waals surface area contributed by atoms with E-state index in [2.05, 4.69) is 20.9 Å². The van der Waals surface area contributed by atoms with Crippen molar-refractivity contribution >= 4 is 52.1 Å². The SMILES string of the molecule is COc1cc2c(c(OC)c1OC)-c1ccc(N[C@H](CCSC)C(=O)N[C@H](CCSC)c3nc4ccccc4[nH]3)c(=O)cc1[C@H](NC(C)=O)CC2. The van der Waals surface area contributed by atoms with Gasteiger partial charge in [-0.15, -0.1) is 0 Å². The number of aromatic nitrogens is 2. The molecular formula is C37H45N5O6S2. The average molecular weight is 720 g/mol. The van der Waals surface area contributed by atoms with Crippen LogP contribution in [0.4, 0.5) is 5.69 Å². The highest BCUT2D eigenvalue weighted by molar-refractivity contribution is 7.98. The molecule has 0 saturated carbocycles. The molecule has 0 bridgehead atoms. The number of thioether (sulfide) groups is 2. The minimum Gasteiger partial charge on any atom is -0.493 e. The number of para-hydroxylation sites is 2. The maximum absolute atomic E-state index is 14.0. The van der Waals surface area contributed by atoms with E-state index in [1.807, 2.05) is 48.9 Å². The summed E-state index contributed by atoms with van der Waals surface area (Å²) in [5.41, 5.74) is 4.76. The maximum atomic E-state index is 14.0. The highest BCUT2D eigenvalue weighted by Gasteiger charge is 2.30. The van der Waals surface area contributed by atoms with Crippen LogP contribution in [0, 0.1) is 0 Å². The van der Waals surface area contributed by atoms with Crippen molar-refractivity contribution in [3.63, 3.8) is 0 Å². The number of anilines is 1. The number of carbonyl (C=O) groups excluding carboxylic acids is 2. The summed E-state index contributed by atoms with van der Waals surface area (Å²) < 4.78 is 17.3. The van der Waals surface area contributed by atoms with Crippen LogP contribution >= 0.6 is 23.5 Å². The van der Waals surface area contributed by atoms with Crippen LogP contribution in [0.15, 0.2) is 53.3 Å². The summed E-state index contributed by atoms with van der Waals surface area (Å²) in [7, 11) is 4.68. The van der Waals surface area contributed by atoms with Gasteiger partial charge in [0.25, 0.3) is 0 Å². The van der Waals surface area contributed by atoms with Gasteiger partial charge in [0.15, 0.2) is 11.5 Å². The van der Waals surface area contributed by atoms with Gasteiger partial charge in [-0.25, -0.2) is 4.98 Å². The second-order valence-electron chi connectivity index (χ2n) is 12.1. The Bertz CT molecular complexity index is 1870. The molecule has 2 amide bonds. The Morgan fingerprint density at radius 1 is 0.980 bits per heavy atom. The van der Waals surface area contributed by atoms with E-state index < -0.39 is 12.1 Å². The Morgan fingerprint density at radius 2 is 1.72 bits per heavy atom. The molecule has 0 fully saturated rings. The van der Waals surface area contributed by atoms with Crippen LogP contribution in [0.2, 0.25) is 0 Å². The molecule has 0 saturated heterocycles. The fraction of sp³-hybridized carbons (Fsp3) is 0.405. The van der Waals surface area contributed by atoms with E-state index in [9.17, 15) is 14.4 Å². The first kappa shape index (κ1) is 36.9. The van der Waals surface area contributed by atoms with E-state index >= 15 is 0 Å². The van der Waals surface area contributed by atoms with Gasteiger partial charge >= 0.3 is 0 Å². The molecule has 3 atom stereocenters. The lowest BCUT2D eigenvalue weighted by molar-refractivity contribution is -0.122. The zero-order valence-corrected chi connectivity index (χ0v) is 30.9. The molecular weight excluding hydrogens is 675 g/mol. The molecule has 13 heteroatoms. The summed E-state index contributed by atoms with van der Waals surface area (Å²) in [6, 6.07) is 13.3. The predicted octanol–water partition coefficient (Wildman–Crippen LogP) is 5.88. The molecule has 1 aromatic heterocycles. The third-order valence-electron chi connectivity index (χ3n) is 8.84. The minimum atomic E-state index is -0.698. The number of nitrogens with zero attached hydrogens (tertiary/aromatic N) is 1. The van der Waals surface area contributed by atoms with E-state index in [1.54, 1.807) is 57.0 Å². The number of amides is 2. The van der Waals surface area contributed by atoms with Crippen LogP contribution in [0.25, 0.3) is 22.2 Å². The molecule has 1 heterocycles. The summed E-state index contributed by atoms with van der Waals surface area (Å²) in [5.74, 6) is 3.21. The van der Waals surface area contributed by atoms with Gasteiger partial charge in [-0.3, -0.25) is 14.4 Å². The van der Waals surface area contributed by atoms with E-state index in [0.29, 0.717) is 65.6 Å². The molecule has 11 nitrogen and oxygen atoms in total. The highest BCUT2D eigenvalue weighted by Crippen LogP contribution is 2.50. The lowest BCUT2D eigenvalue weighted by atomic mass is 9.95.